The molecule has 114 valence electrons. The van der Waals surface area contributed by atoms with Crippen molar-refractivity contribution in [3.05, 3.63) is 11.9 Å². The van der Waals surface area contributed by atoms with Crippen molar-refractivity contribution in [1.29, 1.82) is 0 Å². The Kier molecular flexibility index (Phi) is 5.45. The first kappa shape index (κ1) is 16.4. The van der Waals surface area contributed by atoms with Crippen LogP contribution in [0.1, 0.15) is 24.3 Å². The van der Waals surface area contributed by atoms with E-state index >= 15 is 0 Å². The molecule has 1 aromatic heterocycles. The predicted octanol–water partition coefficient (Wildman–Crippen LogP) is 0.154. The lowest BCUT2D eigenvalue weighted by atomic mass is 10.3. The Morgan fingerprint density at radius 2 is 2.20 bits per heavy atom. The number of alkyl halides is 3. The average Bonchev–Trinajstić information content (AvgIpc) is 2.80. The Hall–Kier alpha value is -1.68. The number of nitrogens with two attached hydrogens (primary N) is 1. The topological polar surface area (TPSA) is 89.1 Å². The number of aromatic nitrogens is 3. The van der Waals surface area contributed by atoms with E-state index in [-0.39, 0.29) is 24.8 Å². The summed E-state index contributed by atoms with van der Waals surface area (Å²) < 4.78 is 38.5. The highest BCUT2D eigenvalue weighted by molar-refractivity contribution is 5.91. The van der Waals surface area contributed by atoms with Gasteiger partial charge in [0.05, 0.1) is 19.3 Å². The molecule has 1 rings (SSSR count). The normalized spacial score (nSPS) is 12.2. The number of hydrogen-bond acceptors (Lipinski definition) is 5. The Labute approximate surface area is 113 Å². The summed E-state index contributed by atoms with van der Waals surface area (Å²) in [6, 6.07) is -0.257. The number of carbonyl (C=O) groups is 1. The largest absolute Gasteiger partial charge is 0.401 e. The van der Waals surface area contributed by atoms with Crippen LogP contribution in [0.3, 0.4) is 0 Å². The number of rotatable bonds is 6. The standard InChI is InChI=1S/C10H17F3N6O/c1-7(2)18(6-10(11,12)13)3-4-19-5-8(16-17-19)9(20)15-14/h5,7H,3-4,6,14H2,1-2H3,(H,15,20). The van der Waals surface area contributed by atoms with Crippen molar-refractivity contribution < 1.29 is 18.0 Å². The third kappa shape index (κ3) is 5.13. The zero-order chi connectivity index (χ0) is 15.3. The fourth-order valence-corrected chi connectivity index (χ4v) is 1.57. The zero-order valence-corrected chi connectivity index (χ0v) is 11.2. The van der Waals surface area contributed by atoms with Crippen molar-refractivity contribution in [3.63, 3.8) is 0 Å². The monoisotopic (exact) mass is 294 g/mol. The molecule has 20 heavy (non-hydrogen) atoms. The van der Waals surface area contributed by atoms with Gasteiger partial charge in [-0.25, -0.2) is 5.84 Å². The Morgan fingerprint density at radius 1 is 1.55 bits per heavy atom. The van der Waals surface area contributed by atoms with Gasteiger partial charge in [-0.05, 0) is 13.8 Å². The Morgan fingerprint density at radius 3 is 2.70 bits per heavy atom. The van der Waals surface area contributed by atoms with Crippen molar-refractivity contribution in [2.75, 3.05) is 13.1 Å². The SMILES string of the molecule is CC(C)N(CCn1cc(C(=O)NN)nn1)CC(F)(F)F. The minimum absolute atomic E-state index is 0.0134. The highest BCUT2D eigenvalue weighted by atomic mass is 19.4. The van der Waals surface area contributed by atoms with Crippen molar-refractivity contribution in [3.8, 4) is 0 Å². The lowest BCUT2D eigenvalue weighted by Gasteiger charge is -2.27. The van der Waals surface area contributed by atoms with Crippen molar-refractivity contribution in [2.24, 2.45) is 5.84 Å². The van der Waals surface area contributed by atoms with Gasteiger partial charge in [0, 0.05) is 12.6 Å². The van der Waals surface area contributed by atoms with E-state index in [0.717, 1.165) is 0 Å². The van der Waals surface area contributed by atoms with Gasteiger partial charge in [-0.1, -0.05) is 5.21 Å². The number of hydrazine groups is 1. The van der Waals surface area contributed by atoms with Crippen molar-refractivity contribution in [2.45, 2.75) is 32.6 Å². The third-order valence-corrected chi connectivity index (χ3v) is 2.63. The van der Waals surface area contributed by atoms with Gasteiger partial charge >= 0.3 is 6.18 Å². The van der Waals surface area contributed by atoms with Gasteiger partial charge in [0.25, 0.3) is 5.91 Å². The van der Waals surface area contributed by atoms with E-state index in [4.69, 9.17) is 5.84 Å². The summed E-state index contributed by atoms with van der Waals surface area (Å²) in [7, 11) is 0. The summed E-state index contributed by atoms with van der Waals surface area (Å²) in [5.74, 6) is 4.33. The van der Waals surface area contributed by atoms with Crippen LogP contribution in [0.25, 0.3) is 0 Å². The predicted molar refractivity (Wildman–Crippen MR) is 64.4 cm³/mol. The number of hydrogen-bond donors (Lipinski definition) is 2. The van der Waals surface area contributed by atoms with E-state index in [1.54, 1.807) is 13.8 Å². The van der Waals surface area contributed by atoms with Gasteiger partial charge in [-0.3, -0.25) is 19.8 Å². The van der Waals surface area contributed by atoms with Crippen LogP contribution in [0, 0.1) is 0 Å². The molecule has 1 amide bonds. The molecule has 0 unspecified atom stereocenters. The molecule has 0 spiro atoms. The van der Waals surface area contributed by atoms with Gasteiger partial charge in [-0.15, -0.1) is 5.10 Å². The molecule has 0 aromatic carbocycles. The molecule has 0 atom stereocenters. The second kappa shape index (κ2) is 6.66. The van der Waals surface area contributed by atoms with Crippen LogP contribution in [0.15, 0.2) is 6.20 Å². The quantitative estimate of drug-likeness (QED) is 0.443. The van der Waals surface area contributed by atoms with Crippen molar-refractivity contribution >= 4 is 5.91 Å². The molecule has 0 aliphatic carbocycles. The fraction of sp³-hybridized carbons (Fsp3) is 0.700. The van der Waals surface area contributed by atoms with Gasteiger partial charge in [0.1, 0.15) is 0 Å². The first-order valence-corrected chi connectivity index (χ1v) is 5.95. The molecule has 0 aliphatic heterocycles. The summed E-state index contributed by atoms with van der Waals surface area (Å²) in [6.07, 6.45) is -2.93. The molecule has 0 bridgehead atoms. The minimum Gasteiger partial charge on any atom is -0.291 e. The second-order valence-electron chi connectivity index (χ2n) is 4.52. The lowest BCUT2D eigenvalue weighted by Crippen LogP contribution is -2.40. The number of amides is 1. The number of carbonyl (C=O) groups excluding carboxylic acids is 1. The van der Waals surface area contributed by atoms with Crippen LogP contribution in [0.5, 0.6) is 0 Å². The summed E-state index contributed by atoms with van der Waals surface area (Å²) >= 11 is 0. The summed E-state index contributed by atoms with van der Waals surface area (Å²) in [6.45, 7) is 2.71. The van der Waals surface area contributed by atoms with Crippen LogP contribution in [0.4, 0.5) is 13.2 Å². The number of nitrogens with zero attached hydrogens (tertiary/aromatic N) is 4. The molecular formula is C10H17F3N6O. The first-order valence-electron chi connectivity index (χ1n) is 5.95. The molecular weight excluding hydrogens is 277 g/mol. The smallest absolute Gasteiger partial charge is 0.291 e. The number of nitrogen functional groups attached to an aromatic ring is 1. The molecule has 1 heterocycles. The highest BCUT2D eigenvalue weighted by Crippen LogP contribution is 2.17. The molecule has 3 N–H and O–H groups in total. The summed E-state index contributed by atoms with van der Waals surface area (Å²) in [5, 5.41) is 7.22. The minimum atomic E-state index is -4.25. The van der Waals surface area contributed by atoms with Crippen LogP contribution in [-0.4, -0.2) is 51.1 Å². The van der Waals surface area contributed by atoms with Gasteiger partial charge < -0.3 is 0 Å². The van der Waals surface area contributed by atoms with Crippen LogP contribution in [-0.2, 0) is 6.54 Å². The van der Waals surface area contributed by atoms with E-state index in [1.165, 1.54) is 15.8 Å². The maximum Gasteiger partial charge on any atom is 0.401 e. The molecule has 1 aromatic rings. The lowest BCUT2D eigenvalue weighted by molar-refractivity contribution is -0.149. The average molecular weight is 294 g/mol. The molecule has 7 nitrogen and oxygen atoms in total. The van der Waals surface area contributed by atoms with E-state index in [2.05, 4.69) is 10.3 Å². The number of halogens is 3. The van der Waals surface area contributed by atoms with Gasteiger partial charge in [-0.2, -0.15) is 13.2 Å². The Balaban J connectivity index is 2.59. The second-order valence-corrected chi connectivity index (χ2v) is 4.52. The molecule has 0 aliphatic rings. The summed E-state index contributed by atoms with van der Waals surface area (Å²) in [5.41, 5.74) is 1.91. The van der Waals surface area contributed by atoms with E-state index in [1.807, 2.05) is 5.43 Å². The third-order valence-electron chi connectivity index (χ3n) is 2.63. The maximum absolute atomic E-state index is 12.4. The summed E-state index contributed by atoms with van der Waals surface area (Å²) in [4.78, 5) is 12.4. The van der Waals surface area contributed by atoms with Crippen LogP contribution in [0.2, 0.25) is 0 Å². The molecule has 0 fully saturated rings. The Bertz CT molecular complexity index is 444. The van der Waals surface area contributed by atoms with Crippen LogP contribution >= 0.6 is 0 Å². The molecule has 0 radical (unpaired) electrons. The van der Waals surface area contributed by atoms with E-state index < -0.39 is 18.6 Å². The molecule has 0 saturated heterocycles. The van der Waals surface area contributed by atoms with Gasteiger partial charge in [0.2, 0.25) is 0 Å². The highest BCUT2D eigenvalue weighted by Gasteiger charge is 2.31. The molecule has 10 heteroatoms. The van der Waals surface area contributed by atoms with Crippen LogP contribution < -0.4 is 11.3 Å². The first-order chi connectivity index (χ1) is 9.23. The zero-order valence-electron chi connectivity index (χ0n) is 11.2. The van der Waals surface area contributed by atoms with Gasteiger partial charge in [0.15, 0.2) is 5.69 Å². The van der Waals surface area contributed by atoms with E-state index in [0.29, 0.717) is 0 Å². The molecule has 0 saturated carbocycles. The van der Waals surface area contributed by atoms with Crippen molar-refractivity contribution in [1.82, 2.24) is 25.3 Å². The van der Waals surface area contributed by atoms with E-state index in [9.17, 15) is 18.0 Å². The maximum atomic E-state index is 12.4. The number of nitrogens with one attached hydrogen (secondary N) is 1. The fourth-order valence-electron chi connectivity index (χ4n) is 1.57.